The number of nitrogens with one attached hydrogen (secondary N) is 1. The molecule has 0 fully saturated rings. The van der Waals surface area contributed by atoms with Gasteiger partial charge in [0.2, 0.25) is 9.84 Å². The first-order chi connectivity index (χ1) is 10.5. The highest BCUT2D eigenvalue weighted by Gasteiger charge is 2.23. The van der Waals surface area contributed by atoms with Gasteiger partial charge in [-0.1, -0.05) is 29.8 Å². The molecule has 0 saturated heterocycles. The Kier molecular flexibility index (Phi) is 5.74. The van der Waals surface area contributed by atoms with Crippen LogP contribution in [0.2, 0.25) is 0 Å². The molecule has 2 aromatic carbocycles. The smallest absolute Gasteiger partial charge is 0.266 e. The average molecular weight is 318 g/mol. The molecule has 0 aliphatic heterocycles. The lowest BCUT2D eigenvalue weighted by Gasteiger charge is -2.09. The molecule has 3 N–H and O–H groups in total. The fourth-order valence-electron chi connectivity index (χ4n) is 1.81. The Hall–Kier alpha value is -2.76. The van der Waals surface area contributed by atoms with Crippen LogP contribution in [0.1, 0.15) is 15.9 Å². The second-order valence-electron chi connectivity index (χ2n) is 4.29. The van der Waals surface area contributed by atoms with Gasteiger partial charge in [-0.15, -0.1) is 0 Å². The molecular formula is C14H14N4O3S. The minimum Gasteiger partial charge on any atom is -0.290 e. The SMILES string of the molecule is Cc1ccc(S(=O)(=O)c2ccccc2C(=O)NN)cc1.N#N. The molecule has 114 valence electrons. The van der Waals surface area contributed by atoms with Crippen molar-refractivity contribution < 1.29 is 13.2 Å². The van der Waals surface area contributed by atoms with E-state index in [9.17, 15) is 13.2 Å². The van der Waals surface area contributed by atoms with E-state index < -0.39 is 15.7 Å². The van der Waals surface area contributed by atoms with Crippen LogP contribution in [0, 0.1) is 17.7 Å². The standard InChI is InChI=1S/C14H14N2O3S.N2/c1-10-6-8-11(9-7-10)20(18,19)13-5-3-2-4-12(13)14(17)16-15;1-2/h2-9H,15H2,1H3,(H,16,17);. The Morgan fingerprint density at radius 3 is 2.14 bits per heavy atom. The number of aryl methyl sites for hydroxylation is 1. The first-order valence-electron chi connectivity index (χ1n) is 6.08. The topological polar surface area (TPSA) is 137 Å². The van der Waals surface area contributed by atoms with Crippen LogP contribution in [0.25, 0.3) is 0 Å². The number of nitrogen functional groups attached to an aromatic ring is 1. The van der Waals surface area contributed by atoms with Gasteiger partial charge in [-0.05, 0) is 31.2 Å². The van der Waals surface area contributed by atoms with Crippen LogP contribution >= 0.6 is 0 Å². The molecule has 0 atom stereocenters. The Bertz CT molecular complexity index is 783. The number of nitrogens with zero attached hydrogens (tertiary/aromatic N) is 2. The summed E-state index contributed by atoms with van der Waals surface area (Å²) in [6, 6.07) is 12.4. The number of carbonyl (C=O) groups is 1. The van der Waals surface area contributed by atoms with Crippen LogP contribution < -0.4 is 11.3 Å². The van der Waals surface area contributed by atoms with Crippen molar-refractivity contribution in [1.82, 2.24) is 5.43 Å². The van der Waals surface area contributed by atoms with Crippen molar-refractivity contribution in [3.8, 4) is 0 Å². The molecule has 0 radical (unpaired) electrons. The summed E-state index contributed by atoms with van der Waals surface area (Å²) in [5.41, 5.74) is 2.93. The van der Waals surface area contributed by atoms with Crippen LogP contribution in [0.5, 0.6) is 0 Å². The van der Waals surface area contributed by atoms with Crippen LogP contribution in [-0.4, -0.2) is 14.3 Å². The monoisotopic (exact) mass is 318 g/mol. The summed E-state index contributed by atoms with van der Waals surface area (Å²) in [4.78, 5) is 11.7. The summed E-state index contributed by atoms with van der Waals surface area (Å²) < 4.78 is 25.1. The van der Waals surface area contributed by atoms with E-state index in [0.717, 1.165) is 5.56 Å². The number of nitrogens with two attached hydrogens (primary N) is 1. The predicted molar refractivity (Wildman–Crippen MR) is 78.2 cm³/mol. The zero-order valence-corrected chi connectivity index (χ0v) is 12.5. The molecule has 0 aliphatic carbocycles. The summed E-state index contributed by atoms with van der Waals surface area (Å²) in [6.07, 6.45) is 0. The number of sulfone groups is 1. The second kappa shape index (κ2) is 7.31. The van der Waals surface area contributed by atoms with Crippen LogP contribution in [0.4, 0.5) is 0 Å². The minimum atomic E-state index is -3.76. The van der Waals surface area contributed by atoms with Crippen molar-refractivity contribution in [2.24, 2.45) is 5.84 Å². The Labute approximate surface area is 128 Å². The number of hydrogen-bond donors (Lipinski definition) is 2. The number of hydrogen-bond acceptors (Lipinski definition) is 6. The van der Waals surface area contributed by atoms with Crippen LogP contribution in [0.15, 0.2) is 58.3 Å². The third kappa shape index (κ3) is 3.46. The predicted octanol–water partition coefficient (Wildman–Crippen LogP) is 1.46. The van der Waals surface area contributed by atoms with Crippen LogP contribution in [-0.2, 0) is 9.84 Å². The molecule has 2 rings (SSSR count). The van der Waals surface area contributed by atoms with Crippen molar-refractivity contribution in [2.45, 2.75) is 16.7 Å². The number of amides is 1. The molecule has 0 spiro atoms. The van der Waals surface area contributed by atoms with Crippen molar-refractivity contribution >= 4 is 15.7 Å². The van der Waals surface area contributed by atoms with Crippen LogP contribution in [0.3, 0.4) is 0 Å². The first kappa shape index (κ1) is 17.3. The Morgan fingerprint density at radius 2 is 1.59 bits per heavy atom. The normalized spacial score (nSPS) is 10.2. The van der Waals surface area contributed by atoms with E-state index in [1.807, 2.05) is 12.3 Å². The minimum absolute atomic E-state index is 0.0237. The van der Waals surface area contributed by atoms with E-state index in [1.54, 1.807) is 24.3 Å². The van der Waals surface area contributed by atoms with Gasteiger partial charge < -0.3 is 0 Å². The van der Waals surface area contributed by atoms with E-state index in [1.165, 1.54) is 24.3 Å². The van der Waals surface area contributed by atoms with E-state index >= 15 is 0 Å². The number of rotatable bonds is 3. The highest BCUT2D eigenvalue weighted by molar-refractivity contribution is 7.91. The Balaban J connectivity index is 0.00000116. The van der Waals surface area contributed by atoms with Crippen molar-refractivity contribution in [3.63, 3.8) is 0 Å². The van der Waals surface area contributed by atoms with E-state index in [4.69, 9.17) is 16.6 Å². The fraction of sp³-hybridized carbons (Fsp3) is 0.0714. The Morgan fingerprint density at radius 1 is 1.05 bits per heavy atom. The molecular weight excluding hydrogens is 304 g/mol. The zero-order valence-electron chi connectivity index (χ0n) is 11.7. The molecule has 1 amide bonds. The summed E-state index contributed by atoms with van der Waals surface area (Å²) in [5.74, 6) is 4.44. The average Bonchev–Trinajstić information content (AvgIpc) is 2.56. The van der Waals surface area contributed by atoms with Gasteiger partial charge in [0.05, 0.1) is 15.4 Å². The second-order valence-corrected chi connectivity index (χ2v) is 6.20. The van der Waals surface area contributed by atoms with Crippen molar-refractivity contribution in [1.29, 1.82) is 10.8 Å². The van der Waals surface area contributed by atoms with Gasteiger partial charge in [0, 0.05) is 10.8 Å². The summed E-state index contributed by atoms with van der Waals surface area (Å²) in [7, 11) is -3.76. The molecule has 0 heterocycles. The molecule has 0 aliphatic rings. The number of hydrazine groups is 1. The van der Waals surface area contributed by atoms with E-state index in [2.05, 4.69) is 0 Å². The first-order valence-corrected chi connectivity index (χ1v) is 7.57. The highest BCUT2D eigenvalue weighted by Crippen LogP contribution is 2.24. The van der Waals surface area contributed by atoms with Gasteiger partial charge in [0.1, 0.15) is 0 Å². The van der Waals surface area contributed by atoms with Gasteiger partial charge in [-0.2, -0.15) is 0 Å². The van der Waals surface area contributed by atoms with E-state index in [-0.39, 0.29) is 15.4 Å². The lowest BCUT2D eigenvalue weighted by Crippen LogP contribution is -2.31. The lowest BCUT2D eigenvalue weighted by molar-refractivity contribution is 0.0950. The molecule has 0 unspecified atom stereocenters. The number of benzene rings is 2. The zero-order chi connectivity index (χ0) is 16.8. The molecule has 8 heteroatoms. The molecule has 22 heavy (non-hydrogen) atoms. The van der Waals surface area contributed by atoms with Gasteiger partial charge in [-0.25, -0.2) is 14.3 Å². The largest absolute Gasteiger partial charge is 0.290 e. The maximum Gasteiger partial charge on any atom is 0.266 e. The van der Waals surface area contributed by atoms with Gasteiger partial charge >= 0.3 is 0 Å². The summed E-state index contributed by atoms with van der Waals surface area (Å²) in [6.45, 7) is 1.87. The quantitative estimate of drug-likeness (QED) is 0.380. The molecule has 0 aromatic heterocycles. The van der Waals surface area contributed by atoms with Crippen molar-refractivity contribution in [3.05, 3.63) is 59.7 Å². The summed E-state index contributed by atoms with van der Waals surface area (Å²) >= 11 is 0. The summed E-state index contributed by atoms with van der Waals surface area (Å²) in [5, 5.41) is 12.0. The molecule has 0 bridgehead atoms. The molecule has 7 nitrogen and oxygen atoms in total. The third-order valence-electron chi connectivity index (χ3n) is 2.88. The van der Waals surface area contributed by atoms with E-state index in [0.29, 0.717) is 0 Å². The highest BCUT2D eigenvalue weighted by atomic mass is 32.2. The molecule has 2 aromatic rings. The lowest BCUT2D eigenvalue weighted by atomic mass is 10.2. The molecule has 0 saturated carbocycles. The van der Waals surface area contributed by atoms with Gasteiger partial charge in [-0.3, -0.25) is 10.2 Å². The fourth-order valence-corrected chi connectivity index (χ4v) is 3.27. The maximum absolute atomic E-state index is 12.6. The maximum atomic E-state index is 12.6. The third-order valence-corrected chi connectivity index (χ3v) is 4.71. The van der Waals surface area contributed by atoms with Crippen molar-refractivity contribution in [2.75, 3.05) is 0 Å². The van der Waals surface area contributed by atoms with Gasteiger partial charge in [0.25, 0.3) is 5.91 Å². The van der Waals surface area contributed by atoms with Gasteiger partial charge in [0.15, 0.2) is 0 Å². The number of carbonyl (C=O) groups excluding carboxylic acids is 1.